The van der Waals surface area contributed by atoms with Crippen LogP contribution in [0.25, 0.3) is 0 Å². The van der Waals surface area contributed by atoms with Crippen LogP contribution in [-0.4, -0.2) is 54.6 Å². The lowest BCUT2D eigenvalue weighted by Gasteiger charge is -2.34. The smallest absolute Gasteiger partial charge is 0.381 e. The fraction of sp³-hybridized carbons (Fsp3) is 0.583. The van der Waals surface area contributed by atoms with Crippen molar-refractivity contribution in [3.63, 3.8) is 0 Å². The van der Waals surface area contributed by atoms with Gasteiger partial charge in [0.25, 0.3) is 0 Å². The van der Waals surface area contributed by atoms with Gasteiger partial charge < -0.3 is 14.5 Å². The molecule has 12 heteroatoms. The first-order chi connectivity index (χ1) is 10.7. The van der Waals surface area contributed by atoms with E-state index in [1.54, 1.807) is 0 Å². The normalized spacial score (nSPS) is 15.3. The van der Waals surface area contributed by atoms with Gasteiger partial charge in [-0.25, -0.2) is 8.78 Å². The first kappa shape index (κ1) is 20.2. The predicted molar refractivity (Wildman–Crippen MR) is 65.8 cm³/mol. The molecular weight excluding hydrogens is 356 g/mol. The van der Waals surface area contributed by atoms with Gasteiger partial charge in [-0.05, 0) is 12.1 Å². The average Bonchev–Trinajstić information content (AvgIpc) is 2.92. The molecule has 0 radical (unpaired) electrons. The highest BCUT2D eigenvalue weighted by atomic mass is 19.4. The van der Waals surface area contributed by atoms with Gasteiger partial charge in [-0.15, -0.1) is 0 Å². The second kappa shape index (κ2) is 6.57. The molecule has 1 N–H and O–H groups in total. The molecule has 0 aliphatic carbocycles. The third-order valence-corrected chi connectivity index (χ3v) is 2.79. The van der Waals surface area contributed by atoms with Crippen molar-refractivity contribution in [1.82, 2.24) is 5.01 Å². The third kappa shape index (κ3) is 3.47. The molecule has 0 aromatic carbocycles. The maximum Gasteiger partial charge on any atom is 0.381 e. The SMILES string of the molecule is CN(C)/N=C/c1ccc(C(O)C(F)(F)C(F)(F)C(F)(F)C(F)F)o1. The molecule has 1 rings (SSSR count). The number of aliphatic hydroxyl groups excluding tert-OH is 1. The first-order valence-electron chi connectivity index (χ1n) is 6.15. The predicted octanol–water partition coefficient (Wildman–Crippen LogP) is 3.38. The molecule has 1 unspecified atom stereocenters. The third-order valence-electron chi connectivity index (χ3n) is 2.79. The molecular formula is C12H12F8N2O2. The van der Waals surface area contributed by atoms with E-state index < -0.39 is 36.1 Å². The molecule has 0 saturated heterocycles. The van der Waals surface area contributed by atoms with Gasteiger partial charge in [-0.3, -0.25) is 0 Å². The Labute approximate surface area is 130 Å². The summed E-state index contributed by atoms with van der Waals surface area (Å²) in [5.41, 5.74) is 0. The largest absolute Gasteiger partial charge is 0.457 e. The van der Waals surface area contributed by atoms with Gasteiger partial charge in [0.15, 0.2) is 6.10 Å². The van der Waals surface area contributed by atoms with Crippen molar-refractivity contribution in [3.05, 3.63) is 23.7 Å². The van der Waals surface area contributed by atoms with Crippen molar-refractivity contribution in [3.8, 4) is 0 Å². The van der Waals surface area contributed by atoms with Crippen molar-refractivity contribution in [2.24, 2.45) is 5.10 Å². The Morgan fingerprint density at radius 1 is 1.08 bits per heavy atom. The van der Waals surface area contributed by atoms with Crippen LogP contribution in [-0.2, 0) is 0 Å². The van der Waals surface area contributed by atoms with Crippen LogP contribution in [0.1, 0.15) is 17.6 Å². The number of rotatable bonds is 7. The standard InChI is InChI=1S/C12H12F8N2O2/c1-22(2)21-5-6-3-4-7(24-6)8(23)10(15,16)12(19,20)11(17,18)9(13)14/h3-5,8-9,23H,1-2H3/b21-5+. The minimum atomic E-state index is -6.53. The second-order valence-corrected chi connectivity index (χ2v) is 4.86. The summed E-state index contributed by atoms with van der Waals surface area (Å²) in [5, 5.41) is 14.1. The lowest BCUT2D eigenvalue weighted by molar-refractivity contribution is -0.358. The molecule has 4 nitrogen and oxygen atoms in total. The van der Waals surface area contributed by atoms with Gasteiger partial charge in [0.1, 0.15) is 11.5 Å². The van der Waals surface area contributed by atoms with Crippen molar-refractivity contribution in [2.45, 2.75) is 30.3 Å². The highest BCUT2D eigenvalue weighted by Crippen LogP contribution is 2.53. The molecule has 1 aromatic rings. The maximum absolute atomic E-state index is 13.5. The molecule has 1 aromatic heterocycles. The van der Waals surface area contributed by atoms with E-state index in [0.717, 1.165) is 12.3 Å². The summed E-state index contributed by atoms with van der Waals surface area (Å²) in [6.45, 7) is 0. The van der Waals surface area contributed by atoms with Crippen molar-refractivity contribution < 1.29 is 44.6 Å². The fourth-order valence-electron chi connectivity index (χ4n) is 1.47. The molecule has 1 atom stereocenters. The van der Waals surface area contributed by atoms with E-state index in [4.69, 9.17) is 0 Å². The van der Waals surface area contributed by atoms with E-state index in [1.165, 1.54) is 19.1 Å². The molecule has 0 aliphatic rings. The summed E-state index contributed by atoms with van der Waals surface area (Å²) in [7, 11) is 2.96. The van der Waals surface area contributed by atoms with Gasteiger partial charge in [0, 0.05) is 14.1 Å². The number of hydrogen-bond acceptors (Lipinski definition) is 4. The lowest BCUT2D eigenvalue weighted by atomic mass is 9.98. The summed E-state index contributed by atoms with van der Waals surface area (Å²) in [6, 6.07) is 1.54. The Hall–Kier alpha value is -1.85. The van der Waals surface area contributed by atoms with Crippen LogP contribution >= 0.6 is 0 Å². The number of furan rings is 1. The minimum absolute atomic E-state index is 0.266. The van der Waals surface area contributed by atoms with Gasteiger partial charge >= 0.3 is 24.2 Å². The second-order valence-electron chi connectivity index (χ2n) is 4.86. The molecule has 0 saturated carbocycles. The van der Waals surface area contributed by atoms with E-state index >= 15 is 0 Å². The van der Waals surface area contributed by atoms with E-state index in [2.05, 4.69) is 9.52 Å². The molecule has 0 spiro atoms. The summed E-state index contributed by atoms with van der Waals surface area (Å²) in [5.74, 6) is -20.3. The van der Waals surface area contributed by atoms with E-state index in [9.17, 15) is 40.2 Å². The van der Waals surface area contributed by atoms with Crippen LogP contribution in [0.15, 0.2) is 21.7 Å². The zero-order chi connectivity index (χ0) is 18.9. The van der Waals surface area contributed by atoms with Gasteiger partial charge in [-0.1, -0.05) is 0 Å². The number of hydrazone groups is 1. The number of hydrogen-bond donors (Lipinski definition) is 1. The molecule has 138 valence electrons. The molecule has 0 fully saturated rings. The Kier molecular flexibility index (Phi) is 5.53. The van der Waals surface area contributed by atoms with Crippen molar-refractivity contribution in [1.29, 1.82) is 0 Å². The van der Waals surface area contributed by atoms with Gasteiger partial charge in [-0.2, -0.15) is 31.4 Å². The number of halogens is 8. The Balaban J connectivity index is 3.14. The van der Waals surface area contributed by atoms with Crippen LogP contribution in [0.5, 0.6) is 0 Å². The highest BCUT2D eigenvalue weighted by molar-refractivity contribution is 5.75. The minimum Gasteiger partial charge on any atom is -0.457 e. The first-order valence-corrected chi connectivity index (χ1v) is 6.15. The molecule has 1 heterocycles. The van der Waals surface area contributed by atoms with E-state index in [0.29, 0.717) is 6.07 Å². The maximum atomic E-state index is 13.5. The van der Waals surface area contributed by atoms with Crippen molar-refractivity contribution >= 4 is 6.21 Å². The van der Waals surface area contributed by atoms with Gasteiger partial charge in [0.2, 0.25) is 0 Å². The van der Waals surface area contributed by atoms with E-state index in [1.807, 2.05) is 0 Å². The van der Waals surface area contributed by atoms with Crippen molar-refractivity contribution in [2.75, 3.05) is 14.1 Å². The topological polar surface area (TPSA) is 49.0 Å². The molecule has 0 aliphatic heterocycles. The Morgan fingerprint density at radius 2 is 1.62 bits per heavy atom. The molecule has 24 heavy (non-hydrogen) atoms. The van der Waals surface area contributed by atoms with Crippen LogP contribution in [0, 0.1) is 0 Å². The van der Waals surface area contributed by atoms with E-state index in [-0.39, 0.29) is 5.76 Å². The van der Waals surface area contributed by atoms with Crippen LogP contribution in [0.3, 0.4) is 0 Å². The fourth-order valence-corrected chi connectivity index (χ4v) is 1.47. The van der Waals surface area contributed by atoms with Crippen LogP contribution in [0.4, 0.5) is 35.1 Å². The van der Waals surface area contributed by atoms with Crippen LogP contribution < -0.4 is 0 Å². The summed E-state index contributed by atoms with van der Waals surface area (Å²) in [4.78, 5) is 0. The zero-order valence-corrected chi connectivity index (χ0v) is 12.2. The average molecular weight is 368 g/mol. The summed E-state index contributed by atoms with van der Waals surface area (Å²) < 4.78 is 108. The number of nitrogens with zero attached hydrogens (tertiary/aromatic N) is 2. The lowest BCUT2D eigenvalue weighted by Crippen LogP contribution is -2.59. The Bertz CT molecular complexity index is 585. The number of alkyl halides is 8. The van der Waals surface area contributed by atoms with Gasteiger partial charge in [0.05, 0.1) is 6.21 Å². The monoisotopic (exact) mass is 368 g/mol. The summed E-state index contributed by atoms with van der Waals surface area (Å²) >= 11 is 0. The highest BCUT2D eigenvalue weighted by Gasteiger charge is 2.77. The Morgan fingerprint density at radius 3 is 2.08 bits per heavy atom. The zero-order valence-electron chi connectivity index (χ0n) is 12.2. The molecule has 0 bridgehead atoms. The molecule has 0 amide bonds. The quantitative estimate of drug-likeness (QED) is 0.456. The summed E-state index contributed by atoms with van der Waals surface area (Å²) in [6.07, 6.45) is -7.69. The number of aliphatic hydroxyl groups is 1. The van der Waals surface area contributed by atoms with Crippen LogP contribution in [0.2, 0.25) is 0 Å².